The first-order valence-corrected chi connectivity index (χ1v) is 9.65. The molecule has 0 spiro atoms. The van der Waals surface area contributed by atoms with Gasteiger partial charge in [0.25, 0.3) is 5.91 Å². The smallest absolute Gasteiger partial charge is 0.251 e. The van der Waals surface area contributed by atoms with Gasteiger partial charge in [0.1, 0.15) is 11.9 Å². The monoisotopic (exact) mass is 385 g/mol. The summed E-state index contributed by atoms with van der Waals surface area (Å²) in [6, 6.07) is 11.1. The molecule has 2 aromatic carbocycles. The molecule has 2 aromatic rings. The van der Waals surface area contributed by atoms with Crippen LogP contribution in [0.25, 0.3) is 0 Å². The number of carbonyl (C=O) groups is 2. The van der Waals surface area contributed by atoms with Crippen molar-refractivity contribution in [2.45, 2.75) is 11.8 Å². The molecule has 7 heteroatoms. The third-order valence-electron chi connectivity index (χ3n) is 4.06. The van der Waals surface area contributed by atoms with Crippen LogP contribution in [0.15, 0.2) is 55.1 Å². The van der Waals surface area contributed by atoms with Gasteiger partial charge in [-0.05, 0) is 35.9 Å². The molecule has 1 unspecified atom stereocenters. The van der Waals surface area contributed by atoms with E-state index in [1.807, 2.05) is 0 Å². The molecular formula is C20H20FN3O2S. The fraction of sp³-hybridized carbons (Fsp3) is 0.200. The Bertz CT molecular complexity index is 855. The number of hydrogen-bond acceptors (Lipinski definition) is 4. The van der Waals surface area contributed by atoms with Crippen LogP contribution in [-0.4, -0.2) is 30.2 Å². The maximum absolute atomic E-state index is 12.9. The quantitative estimate of drug-likeness (QED) is 0.639. The van der Waals surface area contributed by atoms with Crippen LogP contribution < -0.4 is 16.0 Å². The molecule has 0 radical (unpaired) electrons. The second-order valence-corrected chi connectivity index (χ2v) is 7.12. The van der Waals surface area contributed by atoms with E-state index in [4.69, 9.17) is 0 Å². The van der Waals surface area contributed by atoms with Crippen molar-refractivity contribution in [1.82, 2.24) is 5.32 Å². The van der Waals surface area contributed by atoms with Gasteiger partial charge in [-0.25, -0.2) is 4.39 Å². The summed E-state index contributed by atoms with van der Waals surface area (Å²) in [4.78, 5) is 24.4. The van der Waals surface area contributed by atoms with Gasteiger partial charge in [0.15, 0.2) is 0 Å². The standard InChI is InChI=1S/C20H20FN3O2S/c1-2-9-22-19(25)14-5-8-16-17(10-14)24-20(26)18(23-16)12-27-11-13-3-6-15(21)7-4-13/h2-8,10,18,23H,1,9,11-12H2,(H,22,25)(H,24,26). The molecule has 0 fully saturated rings. The van der Waals surface area contributed by atoms with Gasteiger partial charge in [-0.2, -0.15) is 11.8 Å². The molecular weight excluding hydrogens is 365 g/mol. The molecule has 0 aliphatic carbocycles. The van der Waals surface area contributed by atoms with Crippen molar-refractivity contribution in [3.05, 3.63) is 72.1 Å². The SMILES string of the molecule is C=CCNC(=O)c1ccc2c(c1)NC(=O)C(CSCc1ccc(F)cc1)N2. The fourth-order valence-corrected chi connectivity index (χ4v) is 3.66. The summed E-state index contributed by atoms with van der Waals surface area (Å²) >= 11 is 1.59. The highest BCUT2D eigenvalue weighted by Gasteiger charge is 2.25. The van der Waals surface area contributed by atoms with Crippen LogP contribution in [0.2, 0.25) is 0 Å². The number of nitrogens with one attached hydrogen (secondary N) is 3. The van der Waals surface area contributed by atoms with Crippen molar-refractivity contribution in [3.8, 4) is 0 Å². The Labute approximate surface area is 161 Å². The van der Waals surface area contributed by atoms with Crippen molar-refractivity contribution in [1.29, 1.82) is 0 Å². The number of hydrogen-bond donors (Lipinski definition) is 3. The zero-order valence-electron chi connectivity index (χ0n) is 14.6. The summed E-state index contributed by atoms with van der Waals surface area (Å²) in [5.74, 6) is 0.651. The minimum atomic E-state index is -0.372. The van der Waals surface area contributed by atoms with E-state index in [0.717, 1.165) is 11.3 Å². The number of benzene rings is 2. The van der Waals surface area contributed by atoms with Crippen LogP contribution in [-0.2, 0) is 10.5 Å². The Morgan fingerprint density at radius 3 is 2.74 bits per heavy atom. The zero-order valence-corrected chi connectivity index (χ0v) is 15.4. The first-order chi connectivity index (χ1) is 13.1. The molecule has 2 amide bonds. The number of thioether (sulfide) groups is 1. The Balaban J connectivity index is 1.59. The maximum atomic E-state index is 12.9. The maximum Gasteiger partial charge on any atom is 0.251 e. The molecule has 3 rings (SSSR count). The van der Waals surface area contributed by atoms with E-state index in [-0.39, 0.29) is 23.7 Å². The third kappa shape index (κ3) is 4.89. The number of fused-ring (bicyclic) bond motifs is 1. The highest BCUT2D eigenvalue weighted by Crippen LogP contribution is 2.29. The van der Waals surface area contributed by atoms with Gasteiger partial charge in [-0.3, -0.25) is 9.59 Å². The first kappa shape index (κ1) is 19.0. The van der Waals surface area contributed by atoms with Gasteiger partial charge in [-0.1, -0.05) is 18.2 Å². The summed E-state index contributed by atoms with van der Waals surface area (Å²) in [5.41, 5.74) is 2.85. The summed E-state index contributed by atoms with van der Waals surface area (Å²) in [6.07, 6.45) is 1.61. The second kappa shape index (κ2) is 8.73. The largest absolute Gasteiger partial charge is 0.371 e. The van der Waals surface area contributed by atoms with Crippen LogP contribution in [0.4, 0.5) is 15.8 Å². The average Bonchev–Trinajstić information content (AvgIpc) is 2.67. The predicted molar refractivity (Wildman–Crippen MR) is 108 cm³/mol. The van der Waals surface area contributed by atoms with Crippen LogP contribution in [0, 0.1) is 5.82 Å². The summed E-state index contributed by atoms with van der Waals surface area (Å²) in [6.45, 7) is 3.94. The molecule has 0 saturated carbocycles. The second-order valence-electron chi connectivity index (χ2n) is 6.09. The summed E-state index contributed by atoms with van der Waals surface area (Å²) in [5, 5.41) is 8.77. The van der Waals surface area contributed by atoms with Gasteiger partial charge in [-0.15, -0.1) is 6.58 Å². The molecule has 0 aromatic heterocycles. The van der Waals surface area contributed by atoms with Crippen molar-refractivity contribution in [3.63, 3.8) is 0 Å². The lowest BCUT2D eigenvalue weighted by Crippen LogP contribution is -2.40. The topological polar surface area (TPSA) is 70.2 Å². The van der Waals surface area contributed by atoms with E-state index < -0.39 is 0 Å². The Morgan fingerprint density at radius 2 is 2.00 bits per heavy atom. The van der Waals surface area contributed by atoms with Crippen molar-refractivity contribution in [2.24, 2.45) is 0 Å². The van der Waals surface area contributed by atoms with Crippen LogP contribution in [0.1, 0.15) is 15.9 Å². The zero-order chi connectivity index (χ0) is 19.2. The molecule has 1 aliphatic rings. The number of carbonyl (C=O) groups excluding carboxylic acids is 2. The molecule has 27 heavy (non-hydrogen) atoms. The van der Waals surface area contributed by atoms with E-state index in [1.54, 1.807) is 48.2 Å². The third-order valence-corrected chi connectivity index (χ3v) is 5.17. The van der Waals surface area contributed by atoms with E-state index >= 15 is 0 Å². The molecule has 1 heterocycles. The first-order valence-electron chi connectivity index (χ1n) is 8.49. The van der Waals surface area contributed by atoms with Crippen LogP contribution >= 0.6 is 11.8 Å². The normalized spacial score (nSPS) is 15.3. The summed E-state index contributed by atoms with van der Waals surface area (Å²) < 4.78 is 12.9. The molecule has 0 saturated heterocycles. The number of rotatable bonds is 7. The Kier molecular flexibility index (Phi) is 6.13. The predicted octanol–water partition coefficient (Wildman–Crippen LogP) is 3.41. The Morgan fingerprint density at radius 1 is 1.22 bits per heavy atom. The van der Waals surface area contributed by atoms with Gasteiger partial charge in [0.2, 0.25) is 5.91 Å². The van der Waals surface area contributed by atoms with Crippen LogP contribution in [0.3, 0.4) is 0 Å². The van der Waals surface area contributed by atoms with E-state index in [2.05, 4.69) is 22.5 Å². The molecule has 0 bridgehead atoms. The lowest BCUT2D eigenvalue weighted by molar-refractivity contribution is -0.116. The molecule has 5 nitrogen and oxygen atoms in total. The van der Waals surface area contributed by atoms with Crippen LogP contribution in [0.5, 0.6) is 0 Å². The number of halogens is 1. The van der Waals surface area contributed by atoms with E-state index in [9.17, 15) is 14.0 Å². The highest BCUT2D eigenvalue weighted by atomic mass is 32.2. The Hall–Kier alpha value is -2.80. The lowest BCUT2D eigenvalue weighted by Gasteiger charge is -2.27. The number of anilines is 2. The summed E-state index contributed by atoms with van der Waals surface area (Å²) in [7, 11) is 0. The minimum absolute atomic E-state index is 0.141. The van der Waals surface area contributed by atoms with Gasteiger partial charge in [0, 0.05) is 23.6 Å². The van der Waals surface area contributed by atoms with E-state index in [0.29, 0.717) is 29.3 Å². The molecule has 140 valence electrons. The van der Waals surface area contributed by atoms with Crippen molar-refractivity contribution < 1.29 is 14.0 Å². The van der Waals surface area contributed by atoms with Gasteiger partial charge in [0.05, 0.1) is 11.4 Å². The highest BCUT2D eigenvalue weighted by molar-refractivity contribution is 7.98. The van der Waals surface area contributed by atoms with E-state index in [1.165, 1.54) is 12.1 Å². The van der Waals surface area contributed by atoms with Gasteiger partial charge < -0.3 is 16.0 Å². The minimum Gasteiger partial charge on any atom is -0.371 e. The van der Waals surface area contributed by atoms with Gasteiger partial charge >= 0.3 is 0 Å². The average molecular weight is 385 g/mol. The fourth-order valence-electron chi connectivity index (χ4n) is 2.65. The number of amides is 2. The lowest BCUT2D eigenvalue weighted by atomic mass is 10.1. The molecule has 3 N–H and O–H groups in total. The van der Waals surface area contributed by atoms with Crippen molar-refractivity contribution >= 4 is 35.0 Å². The molecule has 1 atom stereocenters. The molecule has 1 aliphatic heterocycles. The van der Waals surface area contributed by atoms with Crippen molar-refractivity contribution in [2.75, 3.05) is 22.9 Å².